The van der Waals surface area contributed by atoms with Crippen LogP contribution in [0.2, 0.25) is 0 Å². The van der Waals surface area contributed by atoms with Crippen molar-refractivity contribution in [1.29, 1.82) is 0 Å². The number of nitrogens with zero attached hydrogens (tertiary/aromatic N) is 1. The van der Waals surface area contributed by atoms with Crippen LogP contribution in [-0.2, 0) is 10.0 Å². The Bertz CT molecular complexity index is 505. The topological polar surface area (TPSA) is 49.4 Å². The minimum Gasteiger partial charge on any atom is -0.312 e. The summed E-state index contributed by atoms with van der Waals surface area (Å²) in [7, 11) is -3.33. The van der Waals surface area contributed by atoms with E-state index in [9.17, 15) is 8.42 Å². The highest BCUT2D eigenvalue weighted by atomic mass is 35.5. The zero-order valence-corrected chi connectivity index (χ0v) is 12.2. The van der Waals surface area contributed by atoms with Gasteiger partial charge in [0.1, 0.15) is 0 Å². The number of halogens is 1. The number of aryl methyl sites for hydroxylation is 1. The van der Waals surface area contributed by atoms with Crippen molar-refractivity contribution in [2.45, 2.75) is 24.8 Å². The van der Waals surface area contributed by atoms with E-state index in [4.69, 9.17) is 0 Å². The third kappa shape index (κ3) is 3.03. The summed E-state index contributed by atoms with van der Waals surface area (Å²) in [6, 6.07) is 7.35. The molecule has 0 saturated carbocycles. The molecule has 4 nitrogen and oxygen atoms in total. The fourth-order valence-electron chi connectivity index (χ4n) is 2.10. The molecule has 1 aliphatic rings. The van der Waals surface area contributed by atoms with Gasteiger partial charge in [0.2, 0.25) is 10.0 Å². The second-order valence-corrected chi connectivity index (χ2v) is 6.39. The Morgan fingerprint density at radius 1 is 1.33 bits per heavy atom. The van der Waals surface area contributed by atoms with E-state index >= 15 is 0 Å². The van der Waals surface area contributed by atoms with Crippen molar-refractivity contribution >= 4 is 22.4 Å². The van der Waals surface area contributed by atoms with Gasteiger partial charge in [0.15, 0.2) is 0 Å². The quantitative estimate of drug-likeness (QED) is 0.896. The minimum atomic E-state index is -3.33. The molecule has 1 saturated heterocycles. The van der Waals surface area contributed by atoms with Gasteiger partial charge in [-0.2, -0.15) is 4.31 Å². The molecule has 102 valence electrons. The van der Waals surface area contributed by atoms with Crippen molar-refractivity contribution in [3.8, 4) is 0 Å². The summed E-state index contributed by atoms with van der Waals surface area (Å²) in [5.74, 6) is 0. The van der Waals surface area contributed by atoms with Crippen LogP contribution in [0.4, 0.5) is 0 Å². The highest BCUT2D eigenvalue weighted by Crippen LogP contribution is 2.20. The number of nitrogens with one attached hydrogen (secondary N) is 1. The third-order valence-electron chi connectivity index (χ3n) is 3.04. The highest BCUT2D eigenvalue weighted by molar-refractivity contribution is 7.89. The lowest BCUT2D eigenvalue weighted by Crippen LogP contribution is -2.51. The zero-order chi connectivity index (χ0) is 12.5. The van der Waals surface area contributed by atoms with E-state index in [2.05, 4.69) is 5.32 Å². The van der Waals surface area contributed by atoms with Crippen molar-refractivity contribution < 1.29 is 8.42 Å². The molecule has 1 fully saturated rings. The van der Waals surface area contributed by atoms with Gasteiger partial charge in [-0.05, 0) is 25.5 Å². The molecule has 0 bridgehead atoms. The van der Waals surface area contributed by atoms with Crippen LogP contribution < -0.4 is 5.32 Å². The molecule has 6 heteroatoms. The maximum absolute atomic E-state index is 12.5. The van der Waals surface area contributed by atoms with E-state index < -0.39 is 10.0 Å². The number of piperazine rings is 1. The molecule has 0 aliphatic carbocycles. The molecule has 0 amide bonds. The summed E-state index contributed by atoms with van der Waals surface area (Å²) in [6.45, 7) is 5.63. The summed E-state index contributed by atoms with van der Waals surface area (Å²) < 4.78 is 26.5. The second kappa shape index (κ2) is 6.02. The SMILES string of the molecule is Cc1ccccc1S(=O)(=O)N1CCNC(C)C1.Cl. The van der Waals surface area contributed by atoms with Crippen LogP contribution in [0.1, 0.15) is 12.5 Å². The maximum atomic E-state index is 12.5. The van der Waals surface area contributed by atoms with Crippen LogP contribution in [0.3, 0.4) is 0 Å². The lowest BCUT2D eigenvalue weighted by Gasteiger charge is -2.31. The Kier molecular flexibility index (Phi) is 5.16. The van der Waals surface area contributed by atoms with Crippen LogP contribution >= 0.6 is 12.4 Å². The Morgan fingerprint density at radius 3 is 2.61 bits per heavy atom. The van der Waals surface area contributed by atoms with Crippen LogP contribution in [0.15, 0.2) is 29.2 Å². The molecular formula is C12H19ClN2O2S. The molecule has 1 unspecified atom stereocenters. The molecule has 1 aromatic carbocycles. The van der Waals surface area contributed by atoms with Crippen LogP contribution in [0, 0.1) is 6.92 Å². The van der Waals surface area contributed by atoms with Crippen molar-refractivity contribution in [1.82, 2.24) is 9.62 Å². The fraction of sp³-hybridized carbons (Fsp3) is 0.500. The van der Waals surface area contributed by atoms with Crippen LogP contribution in [0.5, 0.6) is 0 Å². The molecule has 1 aromatic rings. The summed E-state index contributed by atoms with van der Waals surface area (Å²) in [5, 5.41) is 3.24. The summed E-state index contributed by atoms with van der Waals surface area (Å²) in [4.78, 5) is 0.425. The first-order chi connectivity index (χ1) is 8.01. The van der Waals surface area contributed by atoms with Gasteiger partial charge < -0.3 is 5.32 Å². The van der Waals surface area contributed by atoms with Crippen molar-refractivity contribution in [2.75, 3.05) is 19.6 Å². The van der Waals surface area contributed by atoms with Gasteiger partial charge in [0.05, 0.1) is 4.90 Å². The normalized spacial score (nSPS) is 21.3. The number of sulfonamides is 1. The van der Waals surface area contributed by atoms with Gasteiger partial charge in [-0.1, -0.05) is 18.2 Å². The minimum absolute atomic E-state index is 0. The third-order valence-corrected chi connectivity index (χ3v) is 5.07. The first-order valence-corrected chi connectivity index (χ1v) is 7.25. The maximum Gasteiger partial charge on any atom is 0.243 e. The lowest BCUT2D eigenvalue weighted by molar-refractivity contribution is 0.310. The lowest BCUT2D eigenvalue weighted by atomic mass is 10.2. The Morgan fingerprint density at radius 2 is 2.00 bits per heavy atom. The van der Waals surface area contributed by atoms with Gasteiger partial charge in [-0.3, -0.25) is 0 Å². The highest BCUT2D eigenvalue weighted by Gasteiger charge is 2.29. The smallest absolute Gasteiger partial charge is 0.243 e. The van der Waals surface area contributed by atoms with Gasteiger partial charge in [0, 0.05) is 25.7 Å². The Balaban J connectivity index is 0.00000162. The van der Waals surface area contributed by atoms with Crippen LogP contribution in [0.25, 0.3) is 0 Å². The first kappa shape index (κ1) is 15.4. The molecule has 1 atom stereocenters. The summed E-state index contributed by atoms with van der Waals surface area (Å²) in [5.41, 5.74) is 0.804. The van der Waals surface area contributed by atoms with E-state index in [1.165, 1.54) is 0 Å². The predicted molar refractivity (Wildman–Crippen MR) is 74.7 cm³/mol. The van der Waals surface area contributed by atoms with Crippen molar-refractivity contribution in [3.05, 3.63) is 29.8 Å². The molecule has 0 spiro atoms. The zero-order valence-electron chi connectivity index (χ0n) is 10.6. The number of hydrogen-bond donors (Lipinski definition) is 1. The average molecular weight is 291 g/mol. The van der Waals surface area contributed by atoms with Gasteiger partial charge in [0.25, 0.3) is 0 Å². The van der Waals surface area contributed by atoms with Gasteiger partial charge in [-0.15, -0.1) is 12.4 Å². The predicted octanol–water partition coefficient (Wildman–Crippen LogP) is 1.40. The number of benzene rings is 1. The van der Waals surface area contributed by atoms with Crippen molar-refractivity contribution in [3.63, 3.8) is 0 Å². The monoisotopic (exact) mass is 290 g/mol. The summed E-state index contributed by atoms with van der Waals surface area (Å²) >= 11 is 0. The molecule has 0 aromatic heterocycles. The molecule has 1 N–H and O–H groups in total. The molecule has 0 radical (unpaired) electrons. The average Bonchev–Trinajstić information content (AvgIpc) is 2.29. The molecule has 18 heavy (non-hydrogen) atoms. The first-order valence-electron chi connectivity index (χ1n) is 5.81. The molecular weight excluding hydrogens is 272 g/mol. The van der Waals surface area contributed by atoms with Crippen LogP contribution in [-0.4, -0.2) is 38.4 Å². The van der Waals surface area contributed by atoms with E-state index in [-0.39, 0.29) is 18.4 Å². The van der Waals surface area contributed by atoms with E-state index in [1.807, 2.05) is 26.0 Å². The van der Waals surface area contributed by atoms with E-state index in [0.717, 1.165) is 5.56 Å². The second-order valence-electron chi connectivity index (χ2n) is 4.48. The molecule has 1 heterocycles. The number of rotatable bonds is 2. The molecule has 1 aliphatic heterocycles. The van der Waals surface area contributed by atoms with Gasteiger partial charge in [-0.25, -0.2) is 8.42 Å². The summed E-state index contributed by atoms with van der Waals surface area (Å²) in [6.07, 6.45) is 0. The fourth-order valence-corrected chi connectivity index (χ4v) is 3.86. The van der Waals surface area contributed by atoms with Crippen molar-refractivity contribution in [2.24, 2.45) is 0 Å². The largest absolute Gasteiger partial charge is 0.312 e. The van der Waals surface area contributed by atoms with E-state index in [1.54, 1.807) is 16.4 Å². The molecule has 2 rings (SSSR count). The Hall–Kier alpha value is -0.620. The van der Waals surface area contributed by atoms with E-state index in [0.29, 0.717) is 24.5 Å². The van der Waals surface area contributed by atoms with Gasteiger partial charge >= 0.3 is 0 Å². The Labute approximate surface area is 115 Å². The number of hydrogen-bond acceptors (Lipinski definition) is 3. The standard InChI is InChI=1S/C12H18N2O2S.ClH/c1-10-5-3-4-6-12(10)17(15,16)14-8-7-13-11(2)9-14;/h3-6,11,13H,7-9H2,1-2H3;1H.